The number of Topliss-reactive ketones (excluding diaryl/α,β-unsaturated/α-hetero) is 2. The third-order valence-corrected chi connectivity index (χ3v) is 6.92. The smallest absolute Gasteiger partial charge is 0.196 e. The van der Waals surface area contributed by atoms with E-state index in [1.165, 1.54) is 18.6 Å². The summed E-state index contributed by atoms with van der Waals surface area (Å²) in [6.07, 6.45) is 12.2. The molecule has 0 saturated heterocycles. The number of ketones is 4. The van der Waals surface area contributed by atoms with E-state index in [2.05, 4.69) is 35.3 Å². The quantitative estimate of drug-likeness (QED) is 0.333. The van der Waals surface area contributed by atoms with E-state index in [1.54, 1.807) is 42.6 Å². The fourth-order valence-electron chi connectivity index (χ4n) is 5.29. The van der Waals surface area contributed by atoms with Crippen LogP contribution in [0.4, 0.5) is 0 Å². The summed E-state index contributed by atoms with van der Waals surface area (Å²) in [5.74, 6) is 0.0799. The molecule has 2 heterocycles. The van der Waals surface area contributed by atoms with Crippen molar-refractivity contribution in [2.24, 2.45) is 11.8 Å². The van der Waals surface area contributed by atoms with Crippen LogP contribution in [0.15, 0.2) is 97.6 Å². The molecule has 0 saturated carbocycles. The van der Waals surface area contributed by atoms with E-state index >= 15 is 0 Å². The summed E-state index contributed by atoms with van der Waals surface area (Å²) in [7, 11) is 0. The standard InChI is InChI=1S/C15H11NO2.C13H7NO2.C2H4/c17-14-10-5-6-16-7-11(10)15(18)13-9-3-1-8(2-4-9)12(13)14;15-12-8-3-1-2-4-9(8)13(16)11-7-14-6-5-10(11)12;1-2/h1,3,5-9H,2,4H2;1-7H;1-2H2. The summed E-state index contributed by atoms with van der Waals surface area (Å²) in [4.78, 5) is 57.0. The fourth-order valence-corrected chi connectivity index (χ4v) is 5.29. The molecule has 2 atom stereocenters. The summed E-state index contributed by atoms with van der Waals surface area (Å²) in [5, 5.41) is 0. The Labute approximate surface area is 208 Å². The van der Waals surface area contributed by atoms with Gasteiger partial charge in [0, 0.05) is 70.0 Å². The molecule has 0 amide bonds. The zero-order valence-electron chi connectivity index (χ0n) is 19.4. The molecule has 2 aromatic heterocycles. The molecule has 1 aromatic carbocycles. The predicted octanol–water partition coefficient (Wildman–Crippen LogP) is 5.01. The number of carbonyl (C=O) groups is 4. The van der Waals surface area contributed by atoms with Gasteiger partial charge < -0.3 is 0 Å². The van der Waals surface area contributed by atoms with Gasteiger partial charge in [-0.15, -0.1) is 13.2 Å². The van der Waals surface area contributed by atoms with E-state index in [-0.39, 0.29) is 35.0 Å². The van der Waals surface area contributed by atoms with Crippen molar-refractivity contribution in [3.63, 3.8) is 0 Å². The largest absolute Gasteiger partial charge is 0.289 e. The van der Waals surface area contributed by atoms with Gasteiger partial charge in [-0.05, 0) is 25.0 Å². The number of benzene rings is 1. The molecule has 3 aromatic rings. The molecular formula is C30H22N2O4. The Kier molecular flexibility index (Phi) is 5.94. The number of allylic oxidation sites excluding steroid dienone is 4. The highest BCUT2D eigenvalue weighted by atomic mass is 16.1. The Balaban J connectivity index is 0.000000140. The number of fused-ring (bicyclic) bond motifs is 4. The van der Waals surface area contributed by atoms with Crippen molar-refractivity contribution in [1.82, 2.24) is 9.97 Å². The second kappa shape index (κ2) is 9.23. The third-order valence-electron chi connectivity index (χ3n) is 6.92. The monoisotopic (exact) mass is 474 g/mol. The first-order valence-corrected chi connectivity index (χ1v) is 11.6. The zero-order valence-corrected chi connectivity index (χ0v) is 19.4. The van der Waals surface area contributed by atoms with Crippen LogP contribution in [-0.2, 0) is 0 Å². The van der Waals surface area contributed by atoms with Crippen LogP contribution in [0.2, 0.25) is 0 Å². The van der Waals surface area contributed by atoms with Crippen molar-refractivity contribution in [2.45, 2.75) is 12.8 Å². The summed E-state index contributed by atoms with van der Waals surface area (Å²) in [6.45, 7) is 6.00. The first kappa shape index (κ1) is 23.2. The maximum atomic E-state index is 12.5. The number of carbonyl (C=O) groups excluding carboxylic acids is 4. The predicted molar refractivity (Wildman–Crippen MR) is 134 cm³/mol. The molecule has 2 unspecified atom stereocenters. The molecule has 6 heteroatoms. The number of nitrogens with zero attached hydrogens (tertiary/aromatic N) is 2. The molecule has 0 N–H and O–H groups in total. The van der Waals surface area contributed by atoms with Crippen molar-refractivity contribution in [3.8, 4) is 0 Å². The third kappa shape index (κ3) is 3.50. The van der Waals surface area contributed by atoms with Crippen molar-refractivity contribution in [1.29, 1.82) is 0 Å². The van der Waals surface area contributed by atoms with Crippen LogP contribution in [-0.4, -0.2) is 33.1 Å². The first-order chi connectivity index (χ1) is 17.6. The van der Waals surface area contributed by atoms with Crippen LogP contribution in [0.3, 0.4) is 0 Å². The Bertz CT molecular complexity index is 1350. The molecule has 5 aliphatic carbocycles. The minimum Gasteiger partial charge on any atom is -0.289 e. The summed E-state index contributed by atoms with van der Waals surface area (Å²) in [6, 6.07) is 10.1. The molecule has 6 nitrogen and oxygen atoms in total. The first-order valence-electron chi connectivity index (χ1n) is 11.6. The van der Waals surface area contributed by atoms with Gasteiger partial charge in [0.25, 0.3) is 0 Å². The normalized spacial score (nSPS) is 20.2. The van der Waals surface area contributed by atoms with Crippen LogP contribution < -0.4 is 0 Å². The second-order valence-electron chi connectivity index (χ2n) is 8.71. The van der Waals surface area contributed by atoms with Gasteiger partial charge in [0.2, 0.25) is 0 Å². The van der Waals surface area contributed by atoms with Gasteiger partial charge in [-0.1, -0.05) is 36.4 Å². The molecule has 2 bridgehead atoms. The van der Waals surface area contributed by atoms with Crippen molar-refractivity contribution in [2.75, 3.05) is 0 Å². The Morgan fingerprint density at radius 2 is 0.944 bits per heavy atom. The highest BCUT2D eigenvalue weighted by molar-refractivity contribution is 6.28. The van der Waals surface area contributed by atoms with Gasteiger partial charge in [-0.25, -0.2) is 0 Å². The number of rotatable bonds is 0. The summed E-state index contributed by atoms with van der Waals surface area (Å²) in [5.41, 5.74) is 4.26. The van der Waals surface area contributed by atoms with Crippen LogP contribution in [0.5, 0.6) is 0 Å². The van der Waals surface area contributed by atoms with E-state index in [0.29, 0.717) is 33.4 Å². The zero-order chi connectivity index (χ0) is 25.4. The van der Waals surface area contributed by atoms with E-state index in [9.17, 15) is 19.2 Å². The van der Waals surface area contributed by atoms with Crippen molar-refractivity contribution < 1.29 is 19.2 Å². The lowest BCUT2D eigenvalue weighted by molar-refractivity contribution is 0.0949. The second-order valence-corrected chi connectivity index (χ2v) is 8.71. The minimum absolute atomic E-state index is 0.00625. The Morgan fingerprint density at radius 3 is 1.44 bits per heavy atom. The Hall–Kier alpha value is -4.58. The lowest BCUT2D eigenvalue weighted by Crippen LogP contribution is -2.34. The van der Waals surface area contributed by atoms with Crippen LogP contribution in [0, 0.1) is 11.8 Å². The summed E-state index contributed by atoms with van der Waals surface area (Å²) < 4.78 is 0. The Morgan fingerprint density at radius 1 is 0.556 bits per heavy atom. The van der Waals surface area contributed by atoms with Crippen molar-refractivity contribution >= 4 is 23.1 Å². The molecule has 0 radical (unpaired) electrons. The molecule has 0 aliphatic heterocycles. The highest BCUT2D eigenvalue weighted by Gasteiger charge is 2.42. The van der Waals surface area contributed by atoms with Gasteiger partial charge in [0.05, 0.1) is 11.1 Å². The topological polar surface area (TPSA) is 94.1 Å². The molecule has 8 rings (SSSR count). The maximum Gasteiger partial charge on any atom is 0.196 e. The van der Waals surface area contributed by atoms with Crippen LogP contribution in [0.25, 0.3) is 0 Å². The van der Waals surface area contributed by atoms with Gasteiger partial charge in [-0.3, -0.25) is 29.1 Å². The number of hydrogen-bond acceptors (Lipinski definition) is 6. The molecular weight excluding hydrogens is 452 g/mol. The number of aromatic nitrogens is 2. The molecule has 0 spiro atoms. The van der Waals surface area contributed by atoms with Gasteiger partial charge in [0.1, 0.15) is 0 Å². The van der Waals surface area contributed by atoms with Gasteiger partial charge >= 0.3 is 0 Å². The molecule has 0 fully saturated rings. The highest BCUT2D eigenvalue weighted by Crippen LogP contribution is 2.45. The molecule has 5 aliphatic rings. The van der Waals surface area contributed by atoms with E-state index in [4.69, 9.17) is 0 Å². The SMILES string of the molecule is C=C.O=C1C2=C(C(=O)c3cnccc31)C1C=CC2CC1.O=C1c2ccccc2C(=O)c2cnccc21. The van der Waals surface area contributed by atoms with E-state index in [0.717, 1.165) is 24.0 Å². The van der Waals surface area contributed by atoms with Crippen molar-refractivity contribution in [3.05, 3.63) is 131 Å². The average molecular weight is 475 g/mol. The summed E-state index contributed by atoms with van der Waals surface area (Å²) >= 11 is 0. The minimum atomic E-state index is -0.127. The van der Waals surface area contributed by atoms with E-state index < -0.39 is 0 Å². The van der Waals surface area contributed by atoms with Crippen LogP contribution >= 0.6 is 0 Å². The fraction of sp³-hybridized carbons (Fsp3) is 0.133. The molecule has 36 heavy (non-hydrogen) atoms. The van der Waals surface area contributed by atoms with Gasteiger partial charge in [-0.2, -0.15) is 0 Å². The van der Waals surface area contributed by atoms with Crippen LogP contribution in [0.1, 0.15) is 65.4 Å². The number of hydrogen-bond donors (Lipinski definition) is 0. The van der Waals surface area contributed by atoms with Gasteiger partial charge in [0.15, 0.2) is 23.1 Å². The average Bonchev–Trinajstić information content (AvgIpc) is 2.96. The lowest BCUT2D eigenvalue weighted by atomic mass is 9.65. The lowest BCUT2D eigenvalue weighted by Gasteiger charge is -2.37. The molecule has 176 valence electrons. The maximum absolute atomic E-state index is 12.5. The van der Waals surface area contributed by atoms with E-state index in [1.807, 2.05) is 0 Å². The number of pyridine rings is 2.